The highest BCUT2D eigenvalue weighted by Crippen LogP contribution is 2.36. The minimum Gasteiger partial charge on any atom is -0.454 e. The Kier molecular flexibility index (Phi) is 6.47. The van der Waals surface area contributed by atoms with Crippen molar-refractivity contribution in [3.05, 3.63) is 82.1 Å². The van der Waals surface area contributed by atoms with E-state index in [9.17, 15) is 0 Å². The smallest absolute Gasteiger partial charge is 0.146 e. The van der Waals surface area contributed by atoms with Gasteiger partial charge in [-0.05, 0) is 48.5 Å². The van der Waals surface area contributed by atoms with Crippen LogP contribution in [0.4, 0.5) is 11.5 Å². The summed E-state index contributed by atoms with van der Waals surface area (Å²) in [5.74, 6) is 1.66. The van der Waals surface area contributed by atoms with Crippen molar-refractivity contribution in [2.24, 2.45) is 0 Å². The highest BCUT2D eigenvalue weighted by atomic mass is 35.5. The molecule has 0 bridgehead atoms. The molecule has 4 rings (SSSR count). The van der Waals surface area contributed by atoms with E-state index >= 15 is 0 Å². The van der Waals surface area contributed by atoms with Crippen molar-refractivity contribution in [2.45, 2.75) is 0 Å². The number of fused-ring (bicyclic) bond motifs is 1. The van der Waals surface area contributed by atoms with Crippen LogP contribution in [0, 0.1) is 0 Å². The van der Waals surface area contributed by atoms with Crippen LogP contribution < -0.4 is 10.1 Å². The monoisotopic (exact) mass is 451 g/mol. The van der Waals surface area contributed by atoms with Crippen molar-refractivity contribution >= 4 is 69.6 Å². The molecule has 0 spiro atoms. The number of aromatic nitrogens is 2. The number of para-hydroxylation sites is 1. The molecule has 0 aliphatic carbocycles. The van der Waals surface area contributed by atoms with E-state index in [2.05, 4.69) is 15.3 Å². The highest BCUT2D eigenvalue weighted by molar-refractivity contribution is 6.35. The van der Waals surface area contributed by atoms with E-state index in [0.29, 0.717) is 32.4 Å². The van der Waals surface area contributed by atoms with Crippen molar-refractivity contribution in [1.82, 2.24) is 9.97 Å². The molecule has 4 aromatic rings. The van der Waals surface area contributed by atoms with Crippen molar-refractivity contribution in [3.63, 3.8) is 0 Å². The number of nitrogens with one attached hydrogen (secondary N) is 1. The Morgan fingerprint density at radius 3 is 2.25 bits per heavy atom. The number of ether oxygens (including phenoxy) is 1. The maximum absolute atomic E-state index is 6.38. The minimum absolute atomic E-state index is 0. The molecule has 0 radical (unpaired) electrons. The standard InChI is InChI=1S/C20H12Cl3N3O.ClH/c21-12-5-7-18(15(22)9-12)27-19-8-6-13(10-16(19)23)26-20-14-3-1-2-4-17(14)24-11-25-20;/h1-11H,(H,24,25,26);1H. The largest absolute Gasteiger partial charge is 0.454 e. The quantitative estimate of drug-likeness (QED) is 0.347. The first-order chi connectivity index (χ1) is 13.1. The Labute approximate surface area is 182 Å². The average Bonchev–Trinajstić information content (AvgIpc) is 2.66. The SMILES string of the molecule is Cl.Clc1ccc(Oc2ccc(Nc3ncnc4ccccc34)cc2Cl)c(Cl)c1. The lowest BCUT2D eigenvalue weighted by molar-refractivity contribution is 0.483. The van der Waals surface area contributed by atoms with Gasteiger partial charge in [0.1, 0.15) is 23.6 Å². The van der Waals surface area contributed by atoms with Crippen LogP contribution in [0.5, 0.6) is 11.5 Å². The molecule has 8 heteroatoms. The summed E-state index contributed by atoms with van der Waals surface area (Å²) in [5, 5.41) is 5.57. The lowest BCUT2D eigenvalue weighted by Crippen LogP contribution is -1.96. The van der Waals surface area contributed by atoms with Crippen molar-refractivity contribution in [2.75, 3.05) is 5.32 Å². The Hall–Kier alpha value is -2.24. The van der Waals surface area contributed by atoms with Crippen LogP contribution in [0.3, 0.4) is 0 Å². The first kappa shape index (κ1) is 20.5. The summed E-state index contributed by atoms with van der Waals surface area (Å²) in [7, 11) is 0. The molecule has 0 aliphatic heterocycles. The third-order valence-electron chi connectivity index (χ3n) is 3.85. The van der Waals surface area contributed by atoms with Gasteiger partial charge in [-0.2, -0.15) is 0 Å². The number of benzene rings is 3. The Balaban J connectivity index is 0.00000225. The zero-order chi connectivity index (χ0) is 18.8. The summed E-state index contributed by atoms with van der Waals surface area (Å²) in [5.41, 5.74) is 1.64. The fraction of sp³-hybridized carbons (Fsp3) is 0. The van der Waals surface area contributed by atoms with Gasteiger partial charge in [0.05, 0.1) is 15.6 Å². The van der Waals surface area contributed by atoms with E-state index < -0.39 is 0 Å². The average molecular weight is 453 g/mol. The number of hydrogen-bond acceptors (Lipinski definition) is 4. The zero-order valence-electron chi connectivity index (χ0n) is 14.2. The van der Waals surface area contributed by atoms with E-state index in [1.807, 2.05) is 30.3 Å². The van der Waals surface area contributed by atoms with Crippen molar-refractivity contribution in [3.8, 4) is 11.5 Å². The lowest BCUT2D eigenvalue weighted by Gasteiger charge is -2.12. The molecular formula is C20H13Cl4N3O. The van der Waals surface area contributed by atoms with Gasteiger partial charge in [0.15, 0.2) is 0 Å². The van der Waals surface area contributed by atoms with Gasteiger partial charge in [-0.25, -0.2) is 9.97 Å². The predicted molar refractivity (Wildman–Crippen MR) is 118 cm³/mol. The molecule has 142 valence electrons. The normalized spacial score (nSPS) is 10.4. The van der Waals surface area contributed by atoms with Crippen LogP contribution >= 0.6 is 47.2 Å². The van der Waals surface area contributed by atoms with Gasteiger partial charge < -0.3 is 10.1 Å². The van der Waals surface area contributed by atoms with Crippen molar-refractivity contribution < 1.29 is 4.74 Å². The molecule has 1 aromatic heterocycles. The Morgan fingerprint density at radius 1 is 0.786 bits per heavy atom. The van der Waals surface area contributed by atoms with Crippen molar-refractivity contribution in [1.29, 1.82) is 0 Å². The fourth-order valence-corrected chi connectivity index (χ4v) is 3.25. The van der Waals surface area contributed by atoms with Gasteiger partial charge in [-0.1, -0.05) is 46.9 Å². The van der Waals surface area contributed by atoms with E-state index in [0.717, 1.165) is 16.6 Å². The molecule has 1 heterocycles. The summed E-state index contributed by atoms with van der Waals surface area (Å²) in [4.78, 5) is 8.57. The molecule has 1 N–H and O–H groups in total. The molecular weight excluding hydrogens is 440 g/mol. The predicted octanol–water partition coefficient (Wildman–Crippen LogP) is 7.55. The summed E-state index contributed by atoms with van der Waals surface area (Å²) in [6.45, 7) is 0. The fourth-order valence-electron chi connectivity index (χ4n) is 2.58. The number of rotatable bonds is 4. The molecule has 4 nitrogen and oxygen atoms in total. The maximum atomic E-state index is 6.38. The number of halogens is 4. The lowest BCUT2D eigenvalue weighted by atomic mass is 10.2. The van der Waals surface area contributed by atoms with Crippen LogP contribution in [0.15, 0.2) is 67.0 Å². The van der Waals surface area contributed by atoms with Crippen LogP contribution in [0.1, 0.15) is 0 Å². The van der Waals surface area contributed by atoms with E-state index in [4.69, 9.17) is 39.5 Å². The van der Waals surface area contributed by atoms with Gasteiger partial charge in [0, 0.05) is 16.1 Å². The van der Waals surface area contributed by atoms with Crippen LogP contribution in [0.2, 0.25) is 15.1 Å². The third-order valence-corrected chi connectivity index (χ3v) is 4.68. The van der Waals surface area contributed by atoms with Gasteiger partial charge in [-0.3, -0.25) is 0 Å². The minimum atomic E-state index is 0. The summed E-state index contributed by atoms with van der Waals surface area (Å²) >= 11 is 18.4. The topological polar surface area (TPSA) is 47.0 Å². The van der Waals surface area contributed by atoms with Gasteiger partial charge in [-0.15, -0.1) is 12.4 Å². The van der Waals surface area contributed by atoms with Gasteiger partial charge >= 0.3 is 0 Å². The first-order valence-electron chi connectivity index (χ1n) is 7.99. The van der Waals surface area contributed by atoms with Crippen LogP contribution in [-0.4, -0.2) is 9.97 Å². The molecule has 0 saturated heterocycles. The molecule has 0 unspecified atom stereocenters. The molecule has 28 heavy (non-hydrogen) atoms. The second-order valence-corrected chi connectivity index (χ2v) is 6.94. The van der Waals surface area contributed by atoms with E-state index in [1.165, 1.54) is 6.33 Å². The second-order valence-electron chi connectivity index (χ2n) is 5.69. The molecule has 0 aliphatic rings. The number of anilines is 2. The second kappa shape index (κ2) is 8.84. The van der Waals surface area contributed by atoms with Gasteiger partial charge in [0.25, 0.3) is 0 Å². The zero-order valence-corrected chi connectivity index (χ0v) is 17.3. The maximum Gasteiger partial charge on any atom is 0.146 e. The molecule has 0 atom stereocenters. The van der Waals surface area contributed by atoms with Crippen LogP contribution in [-0.2, 0) is 0 Å². The highest BCUT2D eigenvalue weighted by Gasteiger charge is 2.09. The third kappa shape index (κ3) is 4.42. The Bertz CT molecular complexity index is 1130. The summed E-state index contributed by atoms with van der Waals surface area (Å²) < 4.78 is 5.79. The summed E-state index contributed by atoms with van der Waals surface area (Å²) in [6.07, 6.45) is 1.52. The molecule has 0 amide bonds. The summed E-state index contributed by atoms with van der Waals surface area (Å²) in [6, 6.07) is 18.1. The number of nitrogens with zero attached hydrogens (tertiary/aromatic N) is 2. The van der Waals surface area contributed by atoms with Crippen LogP contribution in [0.25, 0.3) is 10.9 Å². The molecule has 0 fully saturated rings. The Morgan fingerprint density at radius 2 is 1.50 bits per heavy atom. The molecule has 3 aromatic carbocycles. The van der Waals surface area contributed by atoms with Gasteiger partial charge in [0.2, 0.25) is 0 Å². The first-order valence-corrected chi connectivity index (χ1v) is 9.13. The molecule has 0 saturated carbocycles. The number of hydrogen-bond donors (Lipinski definition) is 1. The van der Waals surface area contributed by atoms with E-state index in [-0.39, 0.29) is 12.4 Å². The van der Waals surface area contributed by atoms with E-state index in [1.54, 1.807) is 30.3 Å².